The van der Waals surface area contributed by atoms with E-state index in [1.54, 1.807) is 12.3 Å². The molecule has 2 rings (SSSR count). The van der Waals surface area contributed by atoms with E-state index < -0.39 is 29.6 Å². The second-order valence-electron chi connectivity index (χ2n) is 9.73. The van der Waals surface area contributed by atoms with Crippen LogP contribution in [0.3, 0.4) is 0 Å². The molecular weight excluding hydrogens is 516 g/mol. The zero-order valence-electron chi connectivity index (χ0n) is 22.9. The van der Waals surface area contributed by atoms with Crippen LogP contribution in [0.1, 0.15) is 49.4 Å². The van der Waals surface area contributed by atoms with Gasteiger partial charge in [0, 0.05) is 36.6 Å². The van der Waals surface area contributed by atoms with Crippen LogP contribution in [0.2, 0.25) is 0 Å². The van der Waals surface area contributed by atoms with Crippen molar-refractivity contribution in [2.24, 2.45) is 27.9 Å². The number of rotatable bonds is 17. The zero-order valence-corrected chi connectivity index (χ0v) is 22.9. The number of carbonyl (C=O) groups is 2. The normalized spacial score (nSPS) is 13.2. The van der Waals surface area contributed by atoms with E-state index in [2.05, 4.69) is 25.9 Å². The molecule has 2 aromatic rings. The Kier molecular flexibility index (Phi) is 13.2. The van der Waals surface area contributed by atoms with Crippen molar-refractivity contribution in [1.29, 1.82) is 0 Å². The molecule has 0 spiro atoms. The van der Waals surface area contributed by atoms with Crippen LogP contribution >= 0.6 is 0 Å². The van der Waals surface area contributed by atoms with Gasteiger partial charge >= 0.3 is 5.69 Å². The molecule has 1 aromatic heterocycles. The second-order valence-corrected chi connectivity index (χ2v) is 9.73. The van der Waals surface area contributed by atoms with Crippen LogP contribution in [0.4, 0.5) is 11.5 Å². The molecule has 0 bridgehead atoms. The summed E-state index contributed by atoms with van der Waals surface area (Å²) < 4.78 is 1.50. The number of anilines is 2. The highest BCUT2D eigenvalue weighted by atomic mass is 16.3. The van der Waals surface area contributed by atoms with Gasteiger partial charge in [0.05, 0.1) is 6.61 Å². The Labute approximate surface area is 233 Å². The van der Waals surface area contributed by atoms with Gasteiger partial charge in [0.2, 0.25) is 5.91 Å². The number of aliphatic hydroxyl groups excluding tert-OH is 1. The summed E-state index contributed by atoms with van der Waals surface area (Å²) in [5.74, 6) is -0.809. The van der Waals surface area contributed by atoms with Crippen molar-refractivity contribution in [2.45, 2.75) is 57.2 Å². The third kappa shape index (κ3) is 11.1. The van der Waals surface area contributed by atoms with E-state index in [-0.39, 0.29) is 17.8 Å². The minimum absolute atomic E-state index is 0.0810. The van der Waals surface area contributed by atoms with Crippen LogP contribution in [-0.2, 0) is 11.3 Å². The topological polar surface area (TPSA) is 242 Å². The average Bonchev–Trinajstić information content (AvgIpc) is 2.92. The number of aryl methyl sites for hydroxylation is 1. The monoisotopic (exact) mass is 558 g/mol. The molecule has 14 nitrogen and oxygen atoms in total. The lowest BCUT2D eigenvalue weighted by Crippen LogP contribution is -2.51. The number of nitrogens with two attached hydrogens (primary N) is 4. The highest BCUT2D eigenvalue weighted by molar-refractivity contribution is 6.04. The molecule has 0 radical (unpaired) electrons. The maximum absolute atomic E-state index is 12.6. The first-order chi connectivity index (χ1) is 19.1. The number of amides is 2. The fraction of sp³-hybridized carbons (Fsp3) is 0.500. The van der Waals surface area contributed by atoms with E-state index >= 15 is 0 Å². The van der Waals surface area contributed by atoms with Crippen LogP contribution in [0.25, 0.3) is 0 Å². The van der Waals surface area contributed by atoms with E-state index in [4.69, 9.17) is 22.9 Å². The maximum Gasteiger partial charge on any atom is 0.349 e. The van der Waals surface area contributed by atoms with E-state index in [9.17, 15) is 19.5 Å². The Morgan fingerprint density at radius 1 is 1.10 bits per heavy atom. The van der Waals surface area contributed by atoms with Gasteiger partial charge in [-0.2, -0.15) is 4.98 Å². The summed E-state index contributed by atoms with van der Waals surface area (Å²) in [7, 11) is 0. The van der Waals surface area contributed by atoms with E-state index in [0.29, 0.717) is 30.9 Å². The number of benzene rings is 1. The number of aliphatic hydroxyl groups is 1. The highest BCUT2D eigenvalue weighted by Crippen LogP contribution is 2.13. The number of carbonyl (C=O) groups excluding carboxylic acids is 2. The minimum atomic E-state index is -1.43. The van der Waals surface area contributed by atoms with Gasteiger partial charge in [-0.05, 0) is 82.4 Å². The maximum atomic E-state index is 12.6. The molecule has 0 aliphatic rings. The van der Waals surface area contributed by atoms with Crippen LogP contribution < -0.4 is 44.6 Å². The molecule has 40 heavy (non-hydrogen) atoms. The first kappa shape index (κ1) is 32.4. The third-order valence-corrected chi connectivity index (χ3v) is 6.14. The molecule has 12 N–H and O–H groups in total. The van der Waals surface area contributed by atoms with Gasteiger partial charge in [0.15, 0.2) is 5.96 Å². The molecule has 14 heteroatoms. The molecule has 2 amide bonds. The van der Waals surface area contributed by atoms with Gasteiger partial charge in [0.1, 0.15) is 11.4 Å². The number of hydrogen-bond acceptors (Lipinski definition) is 9. The van der Waals surface area contributed by atoms with Crippen molar-refractivity contribution in [3.63, 3.8) is 0 Å². The lowest BCUT2D eigenvalue weighted by molar-refractivity contribution is -0.121. The summed E-state index contributed by atoms with van der Waals surface area (Å²) >= 11 is 0. The molecule has 0 saturated carbocycles. The predicted molar refractivity (Wildman–Crippen MR) is 156 cm³/mol. The van der Waals surface area contributed by atoms with Crippen LogP contribution in [0, 0.1) is 0 Å². The van der Waals surface area contributed by atoms with Crippen molar-refractivity contribution < 1.29 is 14.7 Å². The molecule has 1 aromatic carbocycles. The average molecular weight is 559 g/mol. The van der Waals surface area contributed by atoms with Crippen molar-refractivity contribution in [2.75, 3.05) is 36.9 Å². The number of aliphatic imine (C=N–C) groups is 1. The van der Waals surface area contributed by atoms with E-state index in [0.717, 1.165) is 38.6 Å². The van der Waals surface area contributed by atoms with Gasteiger partial charge in [-0.15, -0.1) is 0 Å². The number of hydrogen-bond donors (Lipinski definition) is 8. The first-order valence-electron chi connectivity index (χ1n) is 13.2. The Balaban J connectivity index is 1.89. The quantitative estimate of drug-likeness (QED) is 0.0688. The standard InChI is InChI=1S/C26H42N10O4/c1-26(30,17-37)23(39)33-20-9-7-18(8-10-20)22(38)34-21-11-16-36(25(40)35-21)15-3-6-19(31-14-4-12-27)5-2-13-32-24(28)29/h7-11,16,19,31,37H,2-6,12-15,17,27,30H2,1H3,(H,33,39)(H4,28,29,32)(H,34,35,38,40). The molecule has 0 saturated heterocycles. The summed E-state index contributed by atoms with van der Waals surface area (Å²) in [5.41, 5.74) is 20.9. The van der Waals surface area contributed by atoms with E-state index in [1.165, 1.54) is 35.8 Å². The lowest BCUT2D eigenvalue weighted by atomic mass is 10.0. The second kappa shape index (κ2) is 16.3. The summed E-state index contributed by atoms with van der Waals surface area (Å²) in [6.07, 6.45) is 5.80. The Morgan fingerprint density at radius 2 is 1.80 bits per heavy atom. The number of aromatic nitrogens is 2. The van der Waals surface area contributed by atoms with E-state index in [1.807, 2.05) is 0 Å². The molecule has 1 heterocycles. The smallest absolute Gasteiger partial charge is 0.349 e. The zero-order chi connectivity index (χ0) is 29.5. The summed E-state index contributed by atoms with van der Waals surface area (Å²) in [4.78, 5) is 45.2. The van der Waals surface area contributed by atoms with Gasteiger partial charge in [-0.25, -0.2) is 4.79 Å². The summed E-state index contributed by atoms with van der Waals surface area (Å²) in [5, 5.41) is 17.9. The van der Waals surface area contributed by atoms with Crippen LogP contribution in [0.15, 0.2) is 46.3 Å². The SMILES string of the molecule is CC(N)(CO)C(=O)Nc1ccc(C(=O)Nc2ccn(CCCC(CCCN=C(N)N)NCCCN)c(=O)n2)cc1. The summed E-state index contributed by atoms with van der Waals surface area (Å²) in [6, 6.07) is 7.90. The molecule has 0 fully saturated rings. The fourth-order valence-corrected chi connectivity index (χ4v) is 3.72. The van der Waals surface area contributed by atoms with Gasteiger partial charge in [-0.1, -0.05) is 0 Å². The molecule has 0 aliphatic heterocycles. The number of nitrogens with zero attached hydrogens (tertiary/aromatic N) is 3. The Bertz CT molecular complexity index is 1180. The van der Waals surface area contributed by atoms with Gasteiger partial charge in [0.25, 0.3) is 5.91 Å². The fourth-order valence-electron chi connectivity index (χ4n) is 3.72. The van der Waals surface area contributed by atoms with Gasteiger partial charge < -0.3 is 44.0 Å². The number of nitrogens with one attached hydrogen (secondary N) is 3. The van der Waals surface area contributed by atoms with Gasteiger partial charge in [-0.3, -0.25) is 19.1 Å². The largest absolute Gasteiger partial charge is 0.394 e. The molecular formula is C26H42N10O4. The highest BCUT2D eigenvalue weighted by Gasteiger charge is 2.27. The summed E-state index contributed by atoms with van der Waals surface area (Å²) in [6.45, 7) is 3.36. The van der Waals surface area contributed by atoms with Crippen molar-refractivity contribution >= 4 is 29.3 Å². The van der Waals surface area contributed by atoms with Crippen molar-refractivity contribution in [3.05, 3.63) is 52.6 Å². The van der Waals surface area contributed by atoms with Crippen LogP contribution in [0.5, 0.6) is 0 Å². The third-order valence-electron chi connectivity index (χ3n) is 6.14. The van der Waals surface area contributed by atoms with Crippen molar-refractivity contribution in [3.8, 4) is 0 Å². The predicted octanol–water partition coefficient (Wildman–Crippen LogP) is -0.715. The first-order valence-corrected chi connectivity index (χ1v) is 13.2. The molecule has 2 atom stereocenters. The van der Waals surface area contributed by atoms with Crippen molar-refractivity contribution in [1.82, 2.24) is 14.9 Å². The molecule has 220 valence electrons. The van der Waals surface area contributed by atoms with Crippen LogP contribution in [-0.4, -0.2) is 70.3 Å². The molecule has 0 aliphatic carbocycles. The Morgan fingerprint density at radius 3 is 2.42 bits per heavy atom. The lowest BCUT2D eigenvalue weighted by Gasteiger charge is -2.20. The minimum Gasteiger partial charge on any atom is -0.394 e. The molecule has 2 unspecified atom stereocenters. The Hall–Kier alpha value is -3.85. The number of guanidine groups is 1.